The second kappa shape index (κ2) is 4.25. The van der Waals surface area contributed by atoms with Gasteiger partial charge in [-0.1, -0.05) is 18.5 Å². The molecule has 0 saturated heterocycles. The Morgan fingerprint density at radius 2 is 2.12 bits per heavy atom. The molecule has 0 bridgehead atoms. The Labute approximate surface area is 98.5 Å². The Bertz CT molecular complexity index is 501. The van der Waals surface area contributed by atoms with E-state index in [-0.39, 0.29) is 0 Å². The summed E-state index contributed by atoms with van der Waals surface area (Å²) in [5.41, 5.74) is 7.79. The van der Waals surface area contributed by atoms with Crippen LogP contribution in [0, 0.1) is 13.8 Å². The Morgan fingerprint density at radius 3 is 2.69 bits per heavy atom. The molecular weight excluding hydrogens is 222 g/mol. The molecule has 0 amide bonds. The number of nitrogens with zero attached hydrogens (tertiary/aromatic N) is 2. The summed E-state index contributed by atoms with van der Waals surface area (Å²) in [7, 11) is 0. The van der Waals surface area contributed by atoms with Gasteiger partial charge in [0.1, 0.15) is 0 Å². The molecule has 4 nitrogen and oxygen atoms in total. The van der Waals surface area contributed by atoms with Gasteiger partial charge in [0, 0.05) is 5.56 Å². The van der Waals surface area contributed by atoms with Crippen molar-refractivity contribution in [3.8, 4) is 10.6 Å². The standard InChI is InChI=1S/C11H15N3OS/c1-4-5-8-9(15-14-11(8)12)10-6(2)13-7(3)16-10/h4-5H2,1-3H3,(H2,12,14). The van der Waals surface area contributed by atoms with E-state index in [1.807, 2.05) is 13.8 Å². The first-order valence-electron chi connectivity index (χ1n) is 5.32. The number of aryl methyl sites for hydroxylation is 2. The Hall–Kier alpha value is -1.36. The van der Waals surface area contributed by atoms with E-state index in [0.29, 0.717) is 5.82 Å². The fourth-order valence-electron chi connectivity index (χ4n) is 1.73. The van der Waals surface area contributed by atoms with Crippen molar-refractivity contribution < 1.29 is 4.52 Å². The maximum Gasteiger partial charge on any atom is 0.184 e. The molecule has 2 rings (SSSR count). The molecule has 2 heterocycles. The maximum absolute atomic E-state index is 5.80. The SMILES string of the molecule is CCCc1c(N)noc1-c1sc(C)nc1C. The number of hydrogen-bond acceptors (Lipinski definition) is 5. The highest BCUT2D eigenvalue weighted by atomic mass is 32.1. The van der Waals surface area contributed by atoms with Gasteiger partial charge in [0.15, 0.2) is 11.6 Å². The Kier molecular flexibility index (Phi) is 2.96. The monoisotopic (exact) mass is 237 g/mol. The summed E-state index contributed by atoms with van der Waals surface area (Å²) >= 11 is 1.62. The number of thiazole rings is 1. The van der Waals surface area contributed by atoms with Crippen LogP contribution in [0.2, 0.25) is 0 Å². The number of nitrogen functional groups attached to an aromatic ring is 1. The maximum atomic E-state index is 5.80. The zero-order valence-corrected chi connectivity index (χ0v) is 10.5. The van der Waals surface area contributed by atoms with Crippen LogP contribution in [0.4, 0.5) is 5.82 Å². The number of rotatable bonds is 3. The van der Waals surface area contributed by atoms with E-state index in [4.69, 9.17) is 10.3 Å². The third-order valence-corrected chi connectivity index (χ3v) is 3.50. The lowest BCUT2D eigenvalue weighted by atomic mass is 10.1. The largest absolute Gasteiger partial charge is 0.381 e. The summed E-state index contributed by atoms with van der Waals surface area (Å²) < 4.78 is 5.32. The van der Waals surface area contributed by atoms with E-state index in [9.17, 15) is 0 Å². The van der Waals surface area contributed by atoms with Crippen LogP contribution < -0.4 is 5.73 Å². The van der Waals surface area contributed by atoms with E-state index in [2.05, 4.69) is 17.1 Å². The lowest BCUT2D eigenvalue weighted by molar-refractivity contribution is 0.435. The van der Waals surface area contributed by atoms with Crippen LogP contribution >= 0.6 is 11.3 Å². The molecule has 0 radical (unpaired) electrons. The predicted molar refractivity (Wildman–Crippen MR) is 65.5 cm³/mol. The Balaban J connectivity index is 2.51. The molecule has 2 aromatic rings. The number of nitrogens with two attached hydrogens (primary N) is 1. The third-order valence-electron chi connectivity index (χ3n) is 2.43. The van der Waals surface area contributed by atoms with Gasteiger partial charge in [-0.3, -0.25) is 0 Å². The smallest absolute Gasteiger partial charge is 0.184 e. The summed E-state index contributed by atoms with van der Waals surface area (Å²) in [6.45, 7) is 6.08. The van der Waals surface area contributed by atoms with Gasteiger partial charge in [-0.05, 0) is 20.3 Å². The zero-order valence-electron chi connectivity index (χ0n) is 9.70. The third kappa shape index (κ3) is 1.82. The van der Waals surface area contributed by atoms with Crippen molar-refractivity contribution in [1.29, 1.82) is 0 Å². The quantitative estimate of drug-likeness (QED) is 0.891. The molecule has 0 aliphatic carbocycles. The molecule has 0 aromatic carbocycles. The van der Waals surface area contributed by atoms with E-state index >= 15 is 0 Å². The first-order chi connectivity index (χ1) is 7.63. The van der Waals surface area contributed by atoms with Crippen LogP contribution in [0.1, 0.15) is 29.6 Å². The first kappa shape index (κ1) is 11.1. The number of anilines is 1. The van der Waals surface area contributed by atoms with Crippen molar-refractivity contribution in [1.82, 2.24) is 10.1 Å². The van der Waals surface area contributed by atoms with Gasteiger partial charge in [-0.2, -0.15) is 0 Å². The molecule has 0 atom stereocenters. The van der Waals surface area contributed by atoms with Crippen LogP contribution in [0.25, 0.3) is 10.6 Å². The van der Waals surface area contributed by atoms with Gasteiger partial charge in [0.2, 0.25) is 0 Å². The number of hydrogen-bond donors (Lipinski definition) is 1. The lowest BCUT2D eigenvalue weighted by Gasteiger charge is -1.98. The molecule has 0 unspecified atom stereocenters. The molecule has 2 aromatic heterocycles. The summed E-state index contributed by atoms with van der Waals surface area (Å²) in [5.74, 6) is 1.30. The van der Waals surface area contributed by atoms with Gasteiger partial charge in [0.25, 0.3) is 0 Å². The van der Waals surface area contributed by atoms with Gasteiger partial charge < -0.3 is 10.3 Å². The molecule has 86 valence electrons. The highest BCUT2D eigenvalue weighted by Gasteiger charge is 2.19. The highest BCUT2D eigenvalue weighted by Crippen LogP contribution is 2.35. The molecule has 0 fully saturated rings. The van der Waals surface area contributed by atoms with Crippen molar-refractivity contribution >= 4 is 17.2 Å². The summed E-state index contributed by atoms with van der Waals surface area (Å²) in [4.78, 5) is 5.43. The average molecular weight is 237 g/mol. The van der Waals surface area contributed by atoms with Crippen molar-refractivity contribution in [3.05, 3.63) is 16.3 Å². The van der Waals surface area contributed by atoms with Crippen LogP contribution in [-0.4, -0.2) is 10.1 Å². The van der Waals surface area contributed by atoms with Gasteiger partial charge in [-0.15, -0.1) is 11.3 Å². The fraction of sp³-hybridized carbons (Fsp3) is 0.455. The van der Waals surface area contributed by atoms with Gasteiger partial charge in [-0.25, -0.2) is 4.98 Å². The van der Waals surface area contributed by atoms with Crippen LogP contribution in [0.15, 0.2) is 4.52 Å². The van der Waals surface area contributed by atoms with Gasteiger partial charge >= 0.3 is 0 Å². The summed E-state index contributed by atoms with van der Waals surface area (Å²) in [6, 6.07) is 0. The molecule has 16 heavy (non-hydrogen) atoms. The molecule has 5 heteroatoms. The second-order valence-corrected chi connectivity index (χ2v) is 4.98. The minimum Gasteiger partial charge on any atom is -0.381 e. The van der Waals surface area contributed by atoms with E-state index in [1.54, 1.807) is 11.3 Å². The fourth-order valence-corrected chi connectivity index (χ4v) is 2.66. The molecule has 0 saturated carbocycles. The van der Waals surface area contributed by atoms with Crippen LogP contribution in [-0.2, 0) is 6.42 Å². The molecule has 2 N–H and O–H groups in total. The van der Waals surface area contributed by atoms with Crippen molar-refractivity contribution in [2.24, 2.45) is 0 Å². The first-order valence-corrected chi connectivity index (χ1v) is 6.13. The predicted octanol–water partition coefficient (Wildman–Crippen LogP) is 2.95. The number of aromatic nitrogens is 2. The minimum absolute atomic E-state index is 0.502. The van der Waals surface area contributed by atoms with Crippen molar-refractivity contribution in [2.75, 3.05) is 5.73 Å². The minimum atomic E-state index is 0.502. The molecular formula is C11H15N3OS. The highest BCUT2D eigenvalue weighted by molar-refractivity contribution is 7.15. The van der Waals surface area contributed by atoms with Crippen LogP contribution in [0.5, 0.6) is 0 Å². The summed E-state index contributed by atoms with van der Waals surface area (Å²) in [5, 5.41) is 4.88. The van der Waals surface area contributed by atoms with E-state index < -0.39 is 0 Å². The molecule has 0 spiro atoms. The molecule has 0 aliphatic rings. The van der Waals surface area contributed by atoms with Crippen molar-refractivity contribution in [2.45, 2.75) is 33.6 Å². The average Bonchev–Trinajstić information content (AvgIpc) is 2.73. The Morgan fingerprint density at radius 1 is 1.38 bits per heavy atom. The van der Waals surface area contributed by atoms with Crippen LogP contribution in [0.3, 0.4) is 0 Å². The second-order valence-electron chi connectivity index (χ2n) is 3.77. The van der Waals surface area contributed by atoms with E-state index in [1.165, 1.54) is 0 Å². The lowest BCUT2D eigenvalue weighted by Crippen LogP contribution is -1.92. The molecule has 0 aliphatic heterocycles. The summed E-state index contributed by atoms with van der Waals surface area (Å²) in [6.07, 6.45) is 1.91. The zero-order chi connectivity index (χ0) is 11.7. The van der Waals surface area contributed by atoms with E-state index in [0.717, 1.165) is 39.7 Å². The topological polar surface area (TPSA) is 64.9 Å². The van der Waals surface area contributed by atoms with Crippen molar-refractivity contribution in [3.63, 3.8) is 0 Å². The normalized spacial score (nSPS) is 10.9. The van der Waals surface area contributed by atoms with Gasteiger partial charge in [0.05, 0.1) is 15.6 Å².